The summed E-state index contributed by atoms with van der Waals surface area (Å²) in [5.74, 6) is -0.323. The van der Waals surface area contributed by atoms with E-state index in [1.165, 1.54) is 11.3 Å². The summed E-state index contributed by atoms with van der Waals surface area (Å²) < 4.78 is 24.6. The normalized spacial score (nSPS) is 11.3. The number of carbonyl (C=O) groups is 1. The molecule has 0 spiro atoms. The molecule has 2 aromatic heterocycles. The highest BCUT2D eigenvalue weighted by molar-refractivity contribution is 7.91. The molecule has 0 saturated carbocycles. The number of pyridine rings is 1. The zero-order valence-corrected chi connectivity index (χ0v) is 16.4. The third-order valence-electron chi connectivity index (χ3n) is 3.87. The quantitative estimate of drug-likeness (QED) is 0.652. The van der Waals surface area contributed by atoms with Crippen LogP contribution in [0.1, 0.15) is 18.4 Å². The number of aryl methyl sites for hydroxylation is 1. The number of aromatic nitrogens is 2. The van der Waals surface area contributed by atoms with Gasteiger partial charge in [0.05, 0.1) is 16.3 Å². The number of amides is 1. The molecule has 2 heterocycles. The molecule has 0 aliphatic carbocycles. The number of sulfone groups is 1. The highest BCUT2D eigenvalue weighted by atomic mass is 32.2. The van der Waals surface area contributed by atoms with Crippen LogP contribution in [0.4, 0.5) is 5.13 Å². The molecular weight excluding hydrogens is 382 g/mol. The number of nitrogens with zero attached hydrogens (tertiary/aromatic N) is 2. The molecule has 0 saturated heterocycles. The summed E-state index contributed by atoms with van der Waals surface area (Å²) in [6.45, 7) is 1.90. The van der Waals surface area contributed by atoms with Gasteiger partial charge >= 0.3 is 0 Å². The number of carbonyl (C=O) groups excluding carboxylic acids is 1. The molecule has 3 aromatic rings. The number of hydrogen-bond acceptors (Lipinski definition) is 6. The lowest BCUT2D eigenvalue weighted by atomic mass is 10.2. The zero-order chi connectivity index (χ0) is 19.3. The predicted octanol–water partition coefficient (Wildman–Crippen LogP) is 3.71. The van der Waals surface area contributed by atoms with Gasteiger partial charge in [-0.1, -0.05) is 23.8 Å². The van der Waals surface area contributed by atoms with Crippen LogP contribution in [-0.4, -0.2) is 30.0 Å². The Kier molecular flexibility index (Phi) is 5.98. The fraction of sp³-hybridized carbons (Fsp3) is 0.211. The predicted molar refractivity (Wildman–Crippen MR) is 106 cm³/mol. The average Bonchev–Trinajstić information content (AvgIpc) is 3.11. The van der Waals surface area contributed by atoms with Gasteiger partial charge in [0.2, 0.25) is 5.91 Å². The minimum Gasteiger partial charge on any atom is -0.302 e. The highest BCUT2D eigenvalue weighted by Crippen LogP contribution is 2.23. The fourth-order valence-corrected chi connectivity index (χ4v) is 4.46. The Labute approximate surface area is 162 Å². The molecule has 0 unspecified atom stereocenters. The smallest absolute Gasteiger partial charge is 0.226 e. The van der Waals surface area contributed by atoms with Crippen LogP contribution in [0, 0.1) is 6.92 Å². The third-order valence-corrected chi connectivity index (χ3v) is 6.45. The first kappa shape index (κ1) is 19.2. The Balaban J connectivity index is 1.51. The van der Waals surface area contributed by atoms with Crippen LogP contribution in [0.15, 0.2) is 58.9 Å². The first-order valence-electron chi connectivity index (χ1n) is 8.40. The molecule has 3 rings (SSSR count). The summed E-state index contributed by atoms with van der Waals surface area (Å²) in [5.41, 5.74) is 2.43. The van der Waals surface area contributed by atoms with Crippen molar-refractivity contribution in [3.8, 4) is 11.4 Å². The van der Waals surface area contributed by atoms with Crippen LogP contribution in [0.5, 0.6) is 0 Å². The second-order valence-electron chi connectivity index (χ2n) is 6.04. The van der Waals surface area contributed by atoms with Crippen LogP contribution in [0.2, 0.25) is 0 Å². The van der Waals surface area contributed by atoms with Crippen LogP contribution < -0.4 is 5.32 Å². The van der Waals surface area contributed by atoms with Gasteiger partial charge in [-0.2, -0.15) is 0 Å². The molecule has 0 aliphatic heterocycles. The van der Waals surface area contributed by atoms with Gasteiger partial charge in [0.25, 0.3) is 0 Å². The largest absolute Gasteiger partial charge is 0.302 e. The molecular formula is C19H19N3O3S2. The summed E-state index contributed by atoms with van der Waals surface area (Å²) in [4.78, 5) is 20.9. The van der Waals surface area contributed by atoms with Crippen molar-refractivity contribution in [2.24, 2.45) is 0 Å². The highest BCUT2D eigenvalue weighted by Gasteiger charge is 2.15. The summed E-state index contributed by atoms with van der Waals surface area (Å²) in [6, 6.07) is 12.3. The van der Waals surface area contributed by atoms with E-state index >= 15 is 0 Å². The molecule has 1 aromatic carbocycles. The van der Waals surface area contributed by atoms with Gasteiger partial charge in [-0.05, 0) is 37.6 Å². The second-order valence-corrected chi connectivity index (χ2v) is 9.00. The maximum Gasteiger partial charge on any atom is 0.226 e. The number of benzene rings is 1. The maximum atomic E-state index is 12.3. The van der Waals surface area contributed by atoms with Crippen LogP contribution in [0.25, 0.3) is 11.4 Å². The second kappa shape index (κ2) is 8.41. The molecule has 27 heavy (non-hydrogen) atoms. The van der Waals surface area contributed by atoms with E-state index in [1.54, 1.807) is 30.5 Å². The van der Waals surface area contributed by atoms with Crippen LogP contribution in [-0.2, 0) is 14.6 Å². The van der Waals surface area contributed by atoms with Gasteiger partial charge in [0, 0.05) is 18.0 Å². The Hall–Kier alpha value is -2.58. The van der Waals surface area contributed by atoms with E-state index in [0.29, 0.717) is 10.8 Å². The molecule has 6 nitrogen and oxygen atoms in total. The van der Waals surface area contributed by atoms with E-state index in [1.807, 2.05) is 30.5 Å². The molecule has 0 bridgehead atoms. The lowest BCUT2D eigenvalue weighted by molar-refractivity contribution is -0.116. The van der Waals surface area contributed by atoms with Gasteiger partial charge in [0.15, 0.2) is 15.0 Å². The van der Waals surface area contributed by atoms with E-state index in [4.69, 9.17) is 0 Å². The number of anilines is 1. The lowest BCUT2D eigenvalue weighted by Crippen LogP contribution is -2.14. The molecule has 1 amide bonds. The monoisotopic (exact) mass is 401 g/mol. The Morgan fingerprint density at radius 1 is 1.11 bits per heavy atom. The van der Waals surface area contributed by atoms with E-state index < -0.39 is 9.84 Å². The van der Waals surface area contributed by atoms with Crippen molar-refractivity contribution >= 4 is 32.2 Å². The topological polar surface area (TPSA) is 89.0 Å². The molecule has 0 radical (unpaired) electrons. The Bertz CT molecular complexity index is 1010. The molecule has 0 aliphatic rings. The minimum atomic E-state index is -3.38. The molecule has 8 heteroatoms. The Morgan fingerprint density at radius 2 is 1.89 bits per heavy atom. The van der Waals surface area contributed by atoms with Gasteiger partial charge in [-0.25, -0.2) is 13.4 Å². The van der Waals surface area contributed by atoms with E-state index in [-0.39, 0.29) is 29.4 Å². The zero-order valence-electron chi connectivity index (χ0n) is 14.8. The maximum absolute atomic E-state index is 12.3. The van der Waals surface area contributed by atoms with E-state index in [9.17, 15) is 13.2 Å². The summed E-state index contributed by atoms with van der Waals surface area (Å²) in [7, 11) is -3.38. The van der Waals surface area contributed by atoms with Crippen molar-refractivity contribution in [1.82, 2.24) is 9.97 Å². The number of thiazole rings is 1. The number of nitrogens with one attached hydrogen (secondary N) is 1. The van der Waals surface area contributed by atoms with Crippen molar-refractivity contribution in [2.45, 2.75) is 24.7 Å². The molecule has 0 fully saturated rings. The van der Waals surface area contributed by atoms with E-state index in [0.717, 1.165) is 11.3 Å². The fourth-order valence-electron chi connectivity index (χ4n) is 2.43. The van der Waals surface area contributed by atoms with Gasteiger partial charge < -0.3 is 5.32 Å². The SMILES string of the molecule is Cc1ccc(S(=O)(=O)CCCC(=O)Nc2nc(-c3ccccn3)cs2)cc1. The van der Waals surface area contributed by atoms with Crippen molar-refractivity contribution in [2.75, 3.05) is 11.1 Å². The number of hydrogen-bond donors (Lipinski definition) is 1. The average molecular weight is 402 g/mol. The first-order valence-corrected chi connectivity index (χ1v) is 10.9. The van der Waals surface area contributed by atoms with Gasteiger partial charge in [0.1, 0.15) is 5.69 Å². The van der Waals surface area contributed by atoms with Gasteiger partial charge in [-0.15, -0.1) is 11.3 Å². The molecule has 0 atom stereocenters. The van der Waals surface area contributed by atoms with E-state index in [2.05, 4.69) is 15.3 Å². The van der Waals surface area contributed by atoms with Crippen LogP contribution in [0.3, 0.4) is 0 Å². The Morgan fingerprint density at radius 3 is 2.59 bits per heavy atom. The van der Waals surface area contributed by atoms with Gasteiger partial charge in [-0.3, -0.25) is 9.78 Å². The molecule has 140 valence electrons. The summed E-state index contributed by atoms with van der Waals surface area (Å²) in [5, 5.41) is 5.00. The third kappa shape index (κ3) is 5.21. The summed E-state index contributed by atoms with van der Waals surface area (Å²) >= 11 is 1.31. The number of rotatable bonds is 7. The van der Waals surface area contributed by atoms with Crippen molar-refractivity contribution < 1.29 is 13.2 Å². The van der Waals surface area contributed by atoms with Crippen molar-refractivity contribution in [3.05, 3.63) is 59.6 Å². The standard InChI is InChI=1S/C19H19N3O3S2/c1-14-7-9-15(10-8-14)27(24,25)12-4-6-18(23)22-19-21-17(13-26-19)16-5-2-3-11-20-16/h2-3,5,7-11,13H,4,6,12H2,1H3,(H,21,22,23). The van der Waals surface area contributed by atoms with Crippen LogP contribution >= 0.6 is 11.3 Å². The summed E-state index contributed by atoms with van der Waals surface area (Å²) in [6.07, 6.45) is 2.05. The molecule has 1 N–H and O–H groups in total. The van der Waals surface area contributed by atoms with Crippen molar-refractivity contribution in [1.29, 1.82) is 0 Å². The first-order chi connectivity index (χ1) is 12.9. The van der Waals surface area contributed by atoms with Crippen molar-refractivity contribution in [3.63, 3.8) is 0 Å². The lowest BCUT2D eigenvalue weighted by Gasteiger charge is -2.05. The minimum absolute atomic E-state index is 0.0689.